The molecule has 134 valence electrons. The number of amides is 3. The summed E-state index contributed by atoms with van der Waals surface area (Å²) < 4.78 is 0. The van der Waals surface area contributed by atoms with E-state index in [4.69, 9.17) is 0 Å². The zero-order chi connectivity index (χ0) is 16.7. The quantitative estimate of drug-likeness (QED) is 0.803. The van der Waals surface area contributed by atoms with Crippen molar-refractivity contribution in [2.75, 3.05) is 32.7 Å². The molecule has 24 heavy (non-hydrogen) atoms. The molecule has 1 heterocycles. The van der Waals surface area contributed by atoms with Gasteiger partial charge in [-0.3, -0.25) is 4.79 Å². The number of nitrogens with zero attached hydrogens (tertiary/aromatic N) is 2. The summed E-state index contributed by atoms with van der Waals surface area (Å²) in [7, 11) is 0. The third-order valence-corrected chi connectivity index (χ3v) is 6.92. The first-order valence-electron chi connectivity index (χ1n) is 10.0. The van der Waals surface area contributed by atoms with Gasteiger partial charge in [-0.25, -0.2) is 4.79 Å². The normalized spacial score (nSPS) is 37.1. The van der Waals surface area contributed by atoms with E-state index in [0.29, 0.717) is 36.8 Å². The Kier molecular flexibility index (Phi) is 4.44. The lowest BCUT2D eigenvalue weighted by Gasteiger charge is -2.23. The van der Waals surface area contributed by atoms with Crippen molar-refractivity contribution in [2.45, 2.75) is 45.4 Å². The van der Waals surface area contributed by atoms with Gasteiger partial charge in [-0.2, -0.15) is 0 Å². The fraction of sp³-hybridized carbons (Fsp3) is 0.895. The maximum atomic E-state index is 12.9. The van der Waals surface area contributed by atoms with Crippen molar-refractivity contribution in [1.82, 2.24) is 15.1 Å². The summed E-state index contributed by atoms with van der Waals surface area (Å²) in [6.07, 6.45) is 7.14. The first kappa shape index (κ1) is 16.2. The predicted molar refractivity (Wildman–Crippen MR) is 92.4 cm³/mol. The Morgan fingerprint density at radius 2 is 1.67 bits per heavy atom. The first-order valence-corrected chi connectivity index (χ1v) is 10.0. The van der Waals surface area contributed by atoms with Gasteiger partial charge in [-0.05, 0) is 55.8 Å². The van der Waals surface area contributed by atoms with Crippen LogP contribution >= 0.6 is 0 Å². The fourth-order valence-electron chi connectivity index (χ4n) is 5.69. The molecule has 0 spiro atoms. The third-order valence-electron chi connectivity index (χ3n) is 6.92. The van der Waals surface area contributed by atoms with Crippen LogP contribution in [0.15, 0.2) is 0 Å². The van der Waals surface area contributed by atoms with Crippen LogP contribution in [0.5, 0.6) is 0 Å². The van der Waals surface area contributed by atoms with Crippen molar-refractivity contribution >= 4 is 11.9 Å². The average molecular weight is 333 g/mol. The van der Waals surface area contributed by atoms with Crippen LogP contribution in [0.4, 0.5) is 4.79 Å². The van der Waals surface area contributed by atoms with Crippen molar-refractivity contribution in [3.8, 4) is 0 Å². The summed E-state index contributed by atoms with van der Waals surface area (Å²) in [6, 6.07) is 0.0408. The molecule has 1 aliphatic heterocycles. The van der Waals surface area contributed by atoms with E-state index in [2.05, 4.69) is 17.1 Å². The number of unbranched alkanes of at least 4 members (excludes halogenated alkanes) is 1. The lowest BCUT2D eigenvalue weighted by molar-refractivity contribution is -0.133. The lowest BCUT2D eigenvalue weighted by atomic mass is 10.0. The molecule has 5 nitrogen and oxygen atoms in total. The Morgan fingerprint density at radius 3 is 2.38 bits per heavy atom. The van der Waals surface area contributed by atoms with Gasteiger partial charge in [0.25, 0.3) is 0 Å². The molecular weight excluding hydrogens is 302 g/mol. The van der Waals surface area contributed by atoms with Gasteiger partial charge in [0, 0.05) is 38.6 Å². The van der Waals surface area contributed by atoms with Crippen LogP contribution in [-0.2, 0) is 4.79 Å². The Hall–Kier alpha value is -1.26. The molecule has 3 amide bonds. The van der Waals surface area contributed by atoms with E-state index >= 15 is 0 Å². The number of carbonyl (C=O) groups is 2. The summed E-state index contributed by atoms with van der Waals surface area (Å²) in [4.78, 5) is 29.1. The lowest BCUT2D eigenvalue weighted by Crippen LogP contribution is -2.43. The molecule has 4 fully saturated rings. The molecule has 0 aromatic carbocycles. The number of hydrogen-bond acceptors (Lipinski definition) is 2. The Bertz CT molecular complexity index is 493. The molecule has 3 aliphatic carbocycles. The van der Waals surface area contributed by atoms with Gasteiger partial charge >= 0.3 is 6.03 Å². The van der Waals surface area contributed by atoms with Crippen LogP contribution in [-0.4, -0.2) is 54.5 Å². The monoisotopic (exact) mass is 333 g/mol. The van der Waals surface area contributed by atoms with Crippen LogP contribution in [0.25, 0.3) is 0 Å². The Morgan fingerprint density at radius 1 is 1.00 bits per heavy atom. The van der Waals surface area contributed by atoms with Crippen LogP contribution in [0.3, 0.4) is 0 Å². The summed E-state index contributed by atoms with van der Waals surface area (Å²) in [5.74, 6) is 3.86. The van der Waals surface area contributed by atoms with Crippen molar-refractivity contribution < 1.29 is 9.59 Å². The molecule has 0 radical (unpaired) electrons. The maximum absolute atomic E-state index is 12.9. The minimum Gasteiger partial charge on any atom is -0.341 e. The van der Waals surface area contributed by atoms with E-state index in [0.717, 1.165) is 50.7 Å². The van der Waals surface area contributed by atoms with Crippen LogP contribution < -0.4 is 5.32 Å². The highest BCUT2D eigenvalue weighted by Crippen LogP contribution is 2.69. The second kappa shape index (κ2) is 6.57. The molecule has 3 saturated carbocycles. The van der Waals surface area contributed by atoms with Gasteiger partial charge in [-0.15, -0.1) is 0 Å². The Labute approximate surface area is 145 Å². The number of rotatable bonds is 4. The molecule has 4 rings (SSSR count). The minimum atomic E-state index is 0.0408. The average Bonchev–Trinajstić information content (AvgIpc) is 3.15. The highest BCUT2D eigenvalue weighted by Gasteiger charge is 2.67. The summed E-state index contributed by atoms with van der Waals surface area (Å²) in [5, 5.41) is 3.00. The largest absolute Gasteiger partial charge is 0.341 e. The SMILES string of the molecule is CCCCNC(=O)N1CCCN(C(=O)C2[C@@H]3[C@H]4CC[C@H](C4)[C@H]23)CC1. The zero-order valence-electron chi connectivity index (χ0n) is 14.9. The predicted octanol–water partition coefficient (Wildman–Crippen LogP) is 2.32. The molecule has 0 aromatic heterocycles. The minimum absolute atomic E-state index is 0.0408. The highest BCUT2D eigenvalue weighted by atomic mass is 16.2. The number of fused-ring (bicyclic) bond motifs is 5. The van der Waals surface area contributed by atoms with E-state index in [-0.39, 0.29) is 6.03 Å². The molecule has 1 N–H and O–H groups in total. The topological polar surface area (TPSA) is 52.7 Å². The summed E-state index contributed by atoms with van der Waals surface area (Å²) >= 11 is 0. The van der Waals surface area contributed by atoms with Crippen LogP contribution in [0, 0.1) is 29.6 Å². The number of carbonyl (C=O) groups excluding carboxylic acids is 2. The van der Waals surface area contributed by atoms with E-state index < -0.39 is 0 Å². The third kappa shape index (κ3) is 2.80. The van der Waals surface area contributed by atoms with Gasteiger partial charge in [-0.1, -0.05) is 13.3 Å². The van der Waals surface area contributed by atoms with E-state index in [1.165, 1.54) is 19.3 Å². The molecule has 2 bridgehead atoms. The van der Waals surface area contributed by atoms with Gasteiger partial charge in [0.2, 0.25) is 5.91 Å². The van der Waals surface area contributed by atoms with Crippen LogP contribution in [0.2, 0.25) is 0 Å². The van der Waals surface area contributed by atoms with E-state index in [9.17, 15) is 9.59 Å². The number of nitrogens with one attached hydrogen (secondary N) is 1. The fourth-order valence-corrected chi connectivity index (χ4v) is 5.69. The standard InChI is InChI=1S/C19H31N3O2/c1-2-3-7-20-19(24)22-9-4-8-21(10-11-22)18(23)17-15-13-5-6-14(12-13)16(15)17/h13-17H,2-12H2,1H3,(H,20,24)/t13-,14+,15+,16-,17?. The van der Waals surface area contributed by atoms with Crippen molar-refractivity contribution in [1.29, 1.82) is 0 Å². The van der Waals surface area contributed by atoms with Crippen molar-refractivity contribution in [3.63, 3.8) is 0 Å². The molecule has 1 unspecified atom stereocenters. The van der Waals surface area contributed by atoms with E-state index in [1.807, 2.05) is 4.90 Å². The van der Waals surface area contributed by atoms with Gasteiger partial charge in [0.15, 0.2) is 0 Å². The second-order valence-corrected chi connectivity index (χ2v) is 8.27. The number of urea groups is 1. The van der Waals surface area contributed by atoms with E-state index in [1.54, 1.807) is 0 Å². The molecule has 4 aliphatic rings. The Balaban J connectivity index is 1.28. The first-order chi connectivity index (χ1) is 11.7. The molecule has 0 aromatic rings. The smallest absolute Gasteiger partial charge is 0.317 e. The molecule has 1 saturated heterocycles. The highest BCUT2D eigenvalue weighted by molar-refractivity contribution is 5.83. The summed E-state index contributed by atoms with van der Waals surface area (Å²) in [6.45, 7) is 5.86. The zero-order valence-corrected chi connectivity index (χ0v) is 14.9. The van der Waals surface area contributed by atoms with Gasteiger partial charge in [0.1, 0.15) is 0 Å². The molecule has 5 heteroatoms. The van der Waals surface area contributed by atoms with Gasteiger partial charge in [0.05, 0.1) is 0 Å². The maximum Gasteiger partial charge on any atom is 0.317 e. The summed E-state index contributed by atoms with van der Waals surface area (Å²) in [5.41, 5.74) is 0. The number of hydrogen-bond donors (Lipinski definition) is 1. The van der Waals surface area contributed by atoms with Gasteiger partial charge < -0.3 is 15.1 Å². The second-order valence-electron chi connectivity index (χ2n) is 8.27. The van der Waals surface area contributed by atoms with Crippen LogP contribution in [0.1, 0.15) is 45.4 Å². The van der Waals surface area contributed by atoms with Crippen molar-refractivity contribution in [3.05, 3.63) is 0 Å². The van der Waals surface area contributed by atoms with Crippen molar-refractivity contribution in [2.24, 2.45) is 29.6 Å². The molecular formula is C19H31N3O2. The molecule has 5 atom stereocenters.